The van der Waals surface area contributed by atoms with Crippen LogP contribution in [0.3, 0.4) is 0 Å². The first-order valence-electron chi connectivity index (χ1n) is 7.64. The Balaban J connectivity index is 2.10. The van der Waals surface area contributed by atoms with Gasteiger partial charge in [0.2, 0.25) is 0 Å². The molecule has 2 rings (SSSR count). The highest BCUT2D eigenvalue weighted by atomic mass is 16.6. The molecule has 1 aromatic rings. The Morgan fingerprint density at radius 2 is 2.18 bits per heavy atom. The molecule has 0 unspecified atom stereocenters. The van der Waals surface area contributed by atoms with Crippen molar-refractivity contribution in [2.45, 2.75) is 45.6 Å². The van der Waals surface area contributed by atoms with Crippen LogP contribution in [0.25, 0.3) is 0 Å². The number of aliphatic hydroxyl groups excluding tert-OH is 1. The van der Waals surface area contributed by atoms with Gasteiger partial charge in [-0.2, -0.15) is 0 Å². The maximum atomic E-state index is 12.2. The van der Waals surface area contributed by atoms with E-state index in [1.165, 1.54) is 0 Å². The van der Waals surface area contributed by atoms with Crippen LogP contribution in [0, 0.1) is 11.8 Å². The molecule has 0 saturated heterocycles. The molecule has 0 saturated carbocycles. The van der Waals surface area contributed by atoms with Crippen molar-refractivity contribution in [3.05, 3.63) is 29.3 Å². The topological polar surface area (TPSA) is 49.8 Å². The van der Waals surface area contributed by atoms with Gasteiger partial charge in [0.15, 0.2) is 0 Å². The van der Waals surface area contributed by atoms with Crippen LogP contribution in [0.15, 0.2) is 18.2 Å². The molecule has 0 bridgehead atoms. The summed E-state index contributed by atoms with van der Waals surface area (Å²) in [4.78, 5) is 13.9. The van der Waals surface area contributed by atoms with Gasteiger partial charge in [-0.15, -0.1) is 0 Å². The minimum absolute atomic E-state index is 0.170. The maximum absolute atomic E-state index is 12.2. The van der Waals surface area contributed by atoms with E-state index in [4.69, 9.17) is 9.84 Å². The molecule has 1 aliphatic rings. The molecule has 22 heavy (non-hydrogen) atoms. The Kier molecular flexibility index (Phi) is 5.10. The van der Waals surface area contributed by atoms with Gasteiger partial charge in [-0.25, -0.2) is 4.79 Å². The maximum Gasteiger partial charge on any atom is 0.414 e. The number of nitrogens with zero attached hydrogens (tertiary/aromatic N) is 1. The van der Waals surface area contributed by atoms with E-state index in [1.54, 1.807) is 4.90 Å². The molecule has 1 N–H and O–H groups in total. The van der Waals surface area contributed by atoms with Gasteiger partial charge >= 0.3 is 6.09 Å². The number of carbonyl (C=O) groups is 1. The van der Waals surface area contributed by atoms with Crippen LogP contribution in [-0.4, -0.2) is 30.0 Å². The number of amides is 1. The smallest absolute Gasteiger partial charge is 0.414 e. The van der Waals surface area contributed by atoms with Crippen molar-refractivity contribution >= 4 is 11.8 Å². The van der Waals surface area contributed by atoms with E-state index in [1.807, 2.05) is 39.0 Å². The predicted molar refractivity (Wildman–Crippen MR) is 86.9 cm³/mol. The Hall–Kier alpha value is -1.99. The monoisotopic (exact) mass is 301 g/mol. The highest BCUT2D eigenvalue weighted by Gasteiger charge is 2.28. The number of ether oxygens (including phenoxy) is 1. The van der Waals surface area contributed by atoms with Gasteiger partial charge in [0.25, 0.3) is 0 Å². The van der Waals surface area contributed by atoms with Crippen molar-refractivity contribution < 1.29 is 14.6 Å². The number of hydrogen-bond donors (Lipinski definition) is 1. The minimum atomic E-state index is -0.488. The fraction of sp³-hybridized carbons (Fsp3) is 0.500. The lowest BCUT2D eigenvalue weighted by Crippen LogP contribution is -2.35. The number of rotatable bonds is 2. The summed E-state index contributed by atoms with van der Waals surface area (Å²) in [5.74, 6) is 6.14. The fourth-order valence-electron chi connectivity index (χ4n) is 2.32. The standard InChI is InChI=1S/C18H23NO3/c1-18(2,3)22-17(21)19-11-10-15-13-14(8-9-16(15)19)7-5-4-6-12-20/h8-9,13,20H,4,6,10-12H2,1-3H3. The summed E-state index contributed by atoms with van der Waals surface area (Å²) < 4.78 is 5.44. The average molecular weight is 301 g/mol. The molecule has 4 heteroatoms. The number of aliphatic hydroxyl groups is 1. The molecule has 0 aromatic heterocycles. The van der Waals surface area contributed by atoms with Crippen molar-refractivity contribution in [3.63, 3.8) is 0 Å². The lowest BCUT2D eigenvalue weighted by Gasteiger charge is -2.24. The average Bonchev–Trinajstić information content (AvgIpc) is 2.85. The number of unbranched alkanes of at least 4 members (excludes halogenated alkanes) is 1. The quantitative estimate of drug-likeness (QED) is 0.674. The van der Waals surface area contributed by atoms with Crippen molar-refractivity contribution in [2.75, 3.05) is 18.1 Å². The third-order valence-electron chi connectivity index (χ3n) is 3.28. The SMILES string of the molecule is CC(C)(C)OC(=O)N1CCc2cc(C#CCCCO)ccc21. The second kappa shape index (κ2) is 6.85. The van der Waals surface area contributed by atoms with Gasteiger partial charge < -0.3 is 9.84 Å². The van der Waals surface area contributed by atoms with Crippen LogP contribution in [0.4, 0.5) is 10.5 Å². The molecule has 0 fully saturated rings. The first-order valence-corrected chi connectivity index (χ1v) is 7.64. The Labute approximate surface area is 132 Å². The van der Waals surface area contributed by atoms with E-state index in [0.717, 1.165) is 23.2 Å². The van der Waals surface area contributed by atoms with Gasteiger partial charge in [0, 0.05) is 25.1 Å². The van der Waals surface area contributed by atoms with Gasteiger partial charge in [-0.1, -0.05) is 11.8 Å². The summed E-state index contributed by atoms with van der Waals surface area (Å²) in [6.07, 6.45) is 1.91. The van der Waals surface area contributed by atoms with Crippen LogP contribution < -0.4 is 4.90 Å². The molecule has 1 heterocycles. The Morgan fingerprint density at radius 1 is 1.41 bits per heavy atom. The third-order valence-corrected chi connectivity index (χ3v) is 3.28. The third kappa shape index (κ3) is 4.25. The molecule has 118 valence electrons. The number of hydrogen-bond acceptors (Lipinski definition) is 3. The molecule has 0 aliphatic carbocycles. The van der Waals surface area contributed by atoms with Gasteiger partial charge in [-0.3, -0.25) is 4.90 Å². The lowest BCUT2D eigenvalue weighted by atomic mass is 10.1. The zero-order valence-corrected chi connectivity index (χ0v) is 13.5. The number of benzene rings is 1. The molecule has 0 radical (unpaired) electrons. The summed E-state index contributed by atoms with van der Waals surface area (Å²) in [7, 11) is 0. The van der Waals surface area contributed by atoms with Gasteiger partial charge in [0.05, 0.1) is 5.69 Å². The summed E-state index contributed by atoms with van der Waals surface area (Å²) in [5, 5.41) is 8.73. The first kappa shape index (κ1) is 16.4. The van der Waals surface area contributed by atoms with Crippen LogP contribution in [0.5, 0.6) is 0 Å². The molecule has 0 spiro atoms. The van der Waals surface area contributed by atoms with Crippen LogP contribution >= 0.6 is 0 Å². The highest BCUT2D eigenvalue weighted by Crippen LogP contribution is 2.30. The Morgan fingerprint density at radius 3 is 2.86 bits per heavy atom. The molecular weight excluding hydrogens is 278 g/mol. The lowest BCUT2D eigenvalue weighted by molar-refractivity contribution is 0.0584. The fourth-order valence-corrected chi connectivity index (χ4v) is 2.32. The summed E-state index contributed by atoms with van der Waals surface area (Å²) in [6.45, 7) is 6.42. The number of anilines is 1. The van der Waals surface area contributed by atoms with E-state index >= 15 is 0 Å². The number of fused-ring (bicyclic) bond motifs is 1. The molecule has 1 aliphatic heterocycles. The van der Waals surface area contributed by atoms with Crippen molar-refractivity contribution in [3.8, 4) is 11.8 Å². The second-order valence-corrected chi connectivity index (χ2v) is 6.35. The van der Waals surface area contributed by atoms with Crippen molar-refractivity contribution in [1.82, 2.24) is 0 Å². The minimum Gasteiger partial charge on any atom is -0.443 e. The molecule has 0 atom stereocenters. The second-order valence-electron chi connectivity index (χ2n) is 6.35. The predicted octanol–water partition coefficient (Wildman–Crippen LogP) is 3.11. The highest BCUT2D eigenvalue weighted by molar-refractivity contribution is 5.90. The van der Waals surface area contributed by atoms with Gasteiger partial charge in [-0.05, 0) is 57.4 Å². The zero-order chi connectivity index (χ0) is 16.2. The first-order chi connectivity index (χ1) is 10.4. The molecular formula is C18H23NO3. The molecule has 1 amide bonds. The summed E-state index contributed by atoms with van der Waals surface area (Å²) >= 11 is 0. The zero-order valence-electron chi connectivity index (χ0n) is 13.5. The molecule has 1 aromatic carbocycles. The van der Waals surface area contributed by atoms with Crippen LogP contribution in [0.2, 0.25) is 0 Å². The largest absolute Gasteiger partial charge is 0.443 e. The number of carbonyl (C=O) groups excluding carboxylic acids is 1. The van der Waals surface area contributed by atoms with Crippen molar-refractivity contribution in [1.29, 1.82) is 0 Å². The van der Waals surface area contributed by atoms with E-state index in [-0.39, 0.29) is 12.7 Å². The van der Waals surface area contributed by atoms with Crippen LogP contribution in [0.1, 0.15) is 44.7 Å². The Bertz CT molecular complexity index is 605. The van der Waals surface area contributed by atoms with Gasteiger partial charge in [0.1, 0.15) is 5.60 Å². The van der Waals surface area contributed by atoms with E-state index < -0.39 is 5.60 Å². The molecule has 4 nitrogen and oxygen atoms in total. The summed E-state index contributed by atoms with van der Waals surface area (Å²) in [6, 6.07) is 5.89. The van der Waals surface area contributed by atoms with E-state index in [2.05, 4.69) is 11.8 Å². The normalized spacial score (nSPS) is 13.4. The van der Waals surface area contributed by atoms with E-state index in [9.17, 15) is 4.79 Å². The van der Waals surface area contributed by atoms with Crippen molar-refractivity contribution in [2.24, 2.45) is 0 Å². The van der Waals surface area contributed by atoms with E-state index in [0.29, 0.717) is 19.4 Å². The van der Waals surface area contributed by atoms with Crippen LogP contribution in [-0.2, 0) is 11.2 Å². The summed E-state index contributed by atoms with van der Waals surface area (Å²) in [5.41, 5.74) is 2.50.